The van der Waals surface area contributed by atoms with Crippen LogP contribution in [0.4, 0.5) is 5.69 Å². The van der Waals surface area contributed by atoms with E-state index in [9.17, 15) is 9.59 Å². The minimum atomic E-state index is 0.0691. The number of nitrogens with zero attached hydrogens (tertiary/aromatic N) is 1. The number of hydrogen-bond acceptors (Lipinski definition) is 2. The van der Waals surface area contributed by atoms with Crippen molar-refractivity contribution in [3.63, 3.8) is 0 Å². The molecular formula is C28H38N2O2. The van der Waals surface area contributed by atoms with Crippen LogP contribution < -0.4 is 5.32 Å². The summed E-state index contributed by atoms with van der Waals surface area (Å²) in [5.41, 5.74) is 4.97. The number of piperidine rings is 1. The summed E-state index contributed by atoms with van der Waals surface area (Å²) >= 11 is 0. The zero-order chi connectivity index (χ0) is 22.8. The van der Waals surface area contributed by atoms with Crippen LogP contribution in [0.3, 0.4) is 0 Å². The quantitative estimate of drug-likeness (QED) is 0.627. The van der Waals surface area contributed by atoms with Crippen molar-refractivity contribution in [1.29, 1.82) is 0 Å². The SMILES string of the molecule is CC1=C2N(C)C(=O)CC[C@]2(C)[C@@H]2CC[C@]3(C)C(C(=O)Nc4cccc(C)c4)CC[C@H]3[C@@H]2C1. The lowest BCUT2D eigenvalue weighted by Gasteiger charge is -2.59. The lowest BCUT2D eigenvalue weighted by molar-refractivity contribution is -0.137. The molecule has 1 aromatic rings. The van der Waals surface area contributed by atoms with Gasteiger partial charge < -0.3 is 10.2 Å². The summed E-state index contributed by atoms with van der Waals surface area (Å²) in [5, 5.41) is 3.23. The molecule has 4 aliphatic rings. The maximum absolute atomic E-state index is 13.4. The highest BCUT2D eigenvalue weighted by molar-refractivity contribution is 5.93. The Morgan fingerprint density at radius 1 is 1.09 bits per heavy atom. The molecule has 6 atom stereocenters. The molecule has 2 amide bonds. The fraction of sp³-hybridized carbons (Fsp3) is 0.643. The molecule has 1 heterocycles. The number of nitrogens with one attached hydrogen (secondary N) is 1. The van der Waals surface area contributed by atoms with Gasteiger partial charge in [-0.3, -0.25) is 9.59 Å². The largest absolute Gasteiger partial charge is 0.326 e. The fourth-order valence-corrected chi connectivity index (χ4v) is 8.49. The molecule has 0 radical (unpaired) electrons. The summed E-state index contributed by atoms with van der Waals surface area (Å²) in [7, 11) is 1.98. The van der Waals surface area contributed by atoms with Gasteiger partial charge in [0.05, 0.1) is 0 Å². The van der Waals surface area contributed by atoms with Gasteiger partial charge >= 0.3 is 0 Å². The van der Waals surface area contributed by atoms with E-state index < -0.39 is 0 Å². The number of benzene rings is 1. The van der Waals surface area contributed by atoms with Crippen molar-refractivity contribution in [1.82, 2.24) is 4.90 Å². The number of fused-ring (bicyclic) bond motifs is 5. The van der Waals surface area contributed by atoms with Gasteiger partial charge in [-0.1, -0.05) is 31.6 Å². The third-order valence-corrected chi connectivity index (χ3v) is 9.91. The average Bonchev–Trinajstić information content (AvgIpc) is 3.09. The van der Waals surface area contributed by atoms with Crippen LogP contribution in [0.5, 0.6) is 0 Å². The first-order valence-corrected chi connectivity index (χ1v) is 12.5. The van der Waals surface area contributed by atoms with Crippen molar-refractivity contribution in [2.24, 2.45) is 34.5 Å². The van der Waals surface area contributed by atoms with Crippen molar-refractivity contribution in [3.05, 3.63) is 41.1 Å². The molecule has 1 N–H and O–H groups in total. The number of hydrogen-bond donors (Lipinski definition) is 1. The fourth-order valence-electron chi connectivity index (χ4n) is 8.49. The van der Waals surface area contributed by atoms with Gasteiger partial charge in [-0.2, -0.15) is 0 Å². The highest BCUT2D eigenvalue weighted by Crippen LogP contribution is 2.66. The van der Waals surface area contributed by atoms with E-state index in [1.54, 1.807) is 0 Å². The number of carbonyl (C=O) groups is 2. The number of anilines is 1. The van der Waals surface area contributed by atoms with Crippen molar-refractivity contribution < 1.29 is 9.59 Å². The first-order valence-electron chi connectivity index (χ1n) is 12.5. The number of aryl methyl sites for hydroxylation is 1. The number of rotatable bonds is 2. The molecule has 1 aliphatic heterocycles. The molecule has 0 spiro atoms. The molecule has 4 nitrogen and oxygen atoms in total. The summed E-state index contributed by atoms with van der Waals surface area (Å²) in [4.78, 5) is 27.9. The van der Waals surface area contributed by atoms with E-state index in [2.05, 4.69) is 45.1 Å². The van der Waals surface area contributed by atoms with E-state index in [0.717, 1.165) is 37.8 Å². The highest BCUT2D eigenvalue weighted by atomic mass is 16.2. The zero-order valence-electron chi connectivity index (χ0n) is 20.3. The smallest absolute Gasteiger partial charge is 0.228 e. The highest BCUT2D eigenvalue weighted by Gasteiger charge is 2.61. The van der Waals surface area contributed by atoms with Crippen molar-refractivity contribution in [3.8, 4) is 0 Å². The third kappa shape index (κ3) is 3.08. The van der Waals surface area contributed by atoms with E-state index in [0.29, 0.717) is 24.2 Å². The summed E-state index contributed by atoms with van der Waals surface area (Å²) in [6, 6.07) is 8.13. The Morgan fingerprint density at radius 2 is 1.88 bits per heavy atom. The molecule has 5 rings (SSSR count). The van der Waals surface area contributed by atoms with E-state index in [1.165, 1.54) is 23.3 Å². The van der Waals surface area contributed by atoms with Crippen molar-refractivity contribution >= 4 is 17.5 Å². The van der Waals surface area contributed by atoms with Gasteiger partial charge in [0.25, 0.3) is 0 Å². The number of amides is 2. The molecule has 3 aliphatic carbocycles. The Labute approximate surface area is 192 Å². The van der Waals surface area contributed by atoms with E-state index in [4.69, 9.17) is 0 Å². The Hall–Kier alpha value is -2.10. The van der Waals surface area contributed by atoms with Crippen LogP contribution >= 0.6 is 0 Å². The minimum Gasteiger partial charge on any atom is -0.326 e. The average molecular weight is 435 g/mol. The second-order valence-corrected chi connectivity index (χ2v) is 11.6. The molecule has 2 saturated carbocycles. The van der Waals surface area contributed by atoms with Gasteiger partial charge in [0, 0.05) is 36.2 Å². The van der Waals surface area contributed by atoms with Gasteiger partial charge in [-0.15, -0.1) is 0 Å². The topological polar surface area (TPSA) is 49.4 Å². The number of carbonyl (C=O) groups excluding carboxylic acids is 2. The summed E-state index contributed by atoms with van der Waals surface area (Å²) in [6.07, 6.45) is 7.15. The summed E-state index contributed by atoms with van der Waals surface area (Å²) in [5.74, 6) is 2.39. The minimum absolute atomic E-state index is 0.0691. The molecule has 3 fully saturated rings. The Bertz CT molecular complexity index is 997. The van der Waals surface area contributed by atoms with Crippen LogP contribution in [0.15, 0.2) is 35.5 Å². The van der Waals surface area contributed by atoms with Gasteiger partial charge in [0.15, 0.2) is 0 Å². The monoisotopic (exact) mass is 434 g/mol. The number of allylic oxidation sites excluding steroid dienone is 2. The van der Waals surface area contributed by atoms with Gasteiger partial charge in [-0.05, 0) is 93.2 Å². The third-order valence-electron chi connectivity index (χ3n) is 9.91. The van der Waals surface area contributed by atoms with Gasteiger partial charge in [0.1, 0.15) is 0 Å². The molecule has 4 heteroatoms. The predicted octanol–water partition coefficient (Wildman–Crippen LogP) is 5.93. The van der Waals surface area contributed by atoms with E-state index in [1.807, 2.05) is 24.1 Å². The van der Waals surface area contributed by atoms with Crippen LogP contribution in [0, 0.1) is 41.4 Å². The molecule has 172 valence electrons. The zero-order valence-corrected chi connectivity index (χ0v) is 20.3. The Kier molecular flexibility index (Phi) is 5.07. The van der Waals surface area contributed by atoms with Crippen LogP contribution in [0.25, 0.3) is 0 Å². The molecule has 1 aromatic carbocycles. The summed E-state index contributed by atoms with van der Waals surface area (Å²) < 4.78 is 0. The van der Waals surface area contributed by atoms with E-state index in [-0.39, 0.29) is 28.6 Å². The van der Waals surface area contributed by atoms with Gasteiger partial charge in [-0.25, -0.2) is 0 Å². The van der Waals surface area contributed by atoms with Crippen molar-refractivity contribution in [2.45, 2.75) is 72.6 Å². The Balaban J connectivity index is 1.42. The predicted molar refractivity (Wildman–Crippen MR) is 128 cm³/mol. The first kappa shape index (κ1) is 21.7. The standard InChI is InChI=1S/C28H38N2O2/c1-17-7-6-8-19(15-17)29-26(32)23-10-9-21-20-16-18(2)25-28(4,14-12-24(31)30(25)5)22(20)11-13-27(21,23)3/h6-8,15,20-23H,9-14,16H2,1-5H3,(H,29,32)/t20-,21-,22+,23?,27-,28+/m0/s1. The molecular weight excluding hydrogens is 396 g/mol. The molecule has 0 bridgehead atoms. The molecule has 1 saturated heterocycles. The molecule has 32 heavy (non-hydrogen) atoms. The maximum Gasteiger partial charge on any atom is 0.228 e. The molecule has 1 unspecified atom stereocenters. The van der Waals surface area contributed by atoms with Crippen LogP contribution in [-0.4, -0.2) is 23.8 Å². The maximum atomic E-state index is 13.4. The van der Waals surface area contributed by atoms with Crippen LogP contribution in [0.2, 0.25) is 0 Å². The van der Waals surface area contributed by atoms with E-state index >= 15 is 0 Å². The normalized spacial score (nSPS) is 38.8. The second kappa shape index (κ2) is 7.46. The van der Waals surface area contributed by atoms with Crippen LogP contribution in [0.1, 0.15) is 71.3 Å². The molecule has 0 aromatic heterocycles. The van der Waals surface area contributed by atoms with Crippen LogP contribution in [-0.2, 0) is 9.59 Å². The lowest BCUT2D eigenvalue weighted by Crippen LogP contribution is -2.54. The van der Waals surface area contributed by atoms with Crippen molar-refractivity contribution in [2.75, 3.05) is 12.4 Å². The lowest BCUT2D eigenvalue weighted by atomic mass is 9.48. The Morgan fingerprint density at radius 3 is 2.62 bits per heavy atom. The van der Waals surface area contributed by atoms with Gasteiger partial charge in [0.2, 0.25) is 11.8 Å². The summed E-state index contributed by atoms with van der Waals surface area (Å²) in [6.45, 7) is 9.13. The number of likely N-dealkylation sites (tertiary alicyclic amines) is 1. The first-order chi connectivity index (χ1) is 15.1. The second-order valence-electron chi connectivity index (χ2n) is 11.6.